The Balaban J connectivity index is 1.93. The Bertz CT molecular complexity index is 740. The highest BCUT2D eigenvalue weighted by atomic mass is 16.1. The number of hydrogen-bond donors (Lipinski definition) is 1. The van der Waals surface area contributed by atoms with Gasteiger partial charge in [-0.3, -0.25) is 9.48 Å². The number of rotatable bonds is 2. The minimum Gasteiger partial charge on any atom is -0.328 e. The van der Waals surface area contributed by atoms with Crippen LogP contribution in [0.15, 0.2) is 29.9 Å². The maximum atomic E-state index is 12.5. The van der Waals surface area contributed by atoms with Crippen LogP contribution >= 0.6 is 0 Å². The molecule has 0 unspecified atom stereocenters. The number of carbonyl (C=O) groups is 1. The molecule has 1 N–H and O–H groups in total. The molecule has 0 spiro atoms. The lowest BCUT2D eigenvalue weighted by molar-refractivity contribution is -0.116. The predicted octanol–water partition coefficient (Wildman–Crippen LogP) is 1.52. The second-order valence-corrected chi connectivity index (χ2v) is 5.30. The van der Waals surface area contributed by atoms with Gasteiger partial charge in [-0.2, -0.15) is 15.2 Å². The van der Waals surface area contributed by atoms with Crippen LogP contribution in [0.25, 0.3) is 0 Å². The molecule has 1 aliphatic carbocycles. The fourth-order valence-electron chi connectivity index (χ4n) is 3.21. The van der Waals surface area contributed by atoms with Crippen LogP contribution in [0.3, 0.4) is 0 Å². The molecule has 1 atom stereocenters. The Labute approximate surface area is 121 Å². The van der Waals surface area contributed by atoms with E-state index in [1.54, 1.807) is 10.9 Å². The van der Waals surface area contributed by atoms with Crippen LogP contribution in [-0.4, -0.2) is 30.3 Å². The Morgan fingerprint density at radius 1 is 1.38 bits per heavy atom. The van der Waals surface area contributed by atoms with E-state index in [9.17, 15) is 4.79 Å². The number of hydrogen-bond acceptors (Lipinski definition) is 5. The second kappa shape index (κ2) is 4.54. The number of nitrogens with one attached hydrogen (secondary N) is 1. The highest BCUT2D eigenvalue weighted by molar-refractivity contribution is 5.99. The molecule has 108 valence electrons. The molecule has 21 heavy (non-hydrogen) atoms. The number of aromatic nitrogens is 5. The minimum atomic E-state index is -0.228. The van der Waals surface area contributed by atoms with Gasteiger partial charge >= 0.3 is 0 Å². The van der Waals surface area contributed by atoms with Crippen molar-refractivity contribution in [1.29, 1.82) is 0 Å². The molecule has 0 saturated carbocycles. The summed E-state index contributed by atoms with van der Waals surface area (Å²) in [4.78, 5) is 16.7. The zero-order valence-corrected chi connectivity index (χ0v) is 11.8. The number of ketones is 1. The van der Waals surface area contributed by atoms with Gasteiger partial charge in [0.2, 0.25) is 5.95 Å². The van der Waals surface area contributed by atoms with Gasteiger partial charge in [-0.1, -0.05) is 0 Å². The number of carbonyl (C=O) groups excluding carboxylic acids is 1. The normalized spacial score (nSPS) is 21.0. The molecule has 3 heterocycles. The standard InChI is InChI=1S/C14H16N6O/c1-2-19-10(6-7-16-19)13-12-9(4-3-5-11(12)21)18-14-15-8-17-20(13)14/h6-8,13H,2-5H2,1H3,(H,15,17,18)/t13-/m1/s1. The van der Waals surface area contributed by atoms with E-state index < -0.39 is 0 Å². The molecule has 0 saturated heterocycles. The number of anilines is 1. The summed E-state index contributed by atoms with van der Waals surface area (Å²) in [6.07, 6.45) is 5.65. The number of allylic oxidation sites excluding steroid dienone is 2. The summed E-state index contributed by atoms with van der Waals surface area (Å²) in [6, 6.07) is 1.73. The highest BCUT2D eigenvalue weighted by Gasteiger charge is 2.37. The van der Waals surface area contributed by atoms with Crippen molar-refractivity contribution in [2.24, 2.45) is 0 Å². The Kier molecular flexibility index (Phi) is 2.66. The third-order valence-electron chi connectivity index (χ3n) is 4.14. The Hall–Kier alpha value is -2.44. The van der Waals surface area contributed by atoms with Crippen LogP contribution in [-0.2, 0) is 11.3 Å². The molecule has 7 heteroatoms. The van der Waals surface area contributed by atoms with Crippen molar-refractivity contribution in [3.63, 3.8) is 0 Å². The van der Waals surface area contributed by atoms with E-state index in [1.165, 1.54) is 6.33 Å². The van der Waals surface area contributed by atoms with Crippen molar-refractivity contribution < 1.29 is 4.79 Å². The van der Waals surface area contributed by atoms with E-state index in [2.05, 4.69) is 20.5 Å². The zero-order chi connectivity index (χ0) is 14.4. The summed E-state index contributed by atoms with van der Waals surface area (Å²) in [5, 5.41) is 11.9. The van der Waals surface area contributed by atoms with E-state index in [0.29, 0.717) is 12.4 Å². The molecule has 4 rings (SSSR count). The average molecular weight is 284 g/mol. The third kappa shape index (κ3) is 1.73. The molecule has 1 aliphatic heterocycles. The molecule has 2 aromatic rings. The van der Waals surface area contributed by atoms with Gasteiger partial charge in [0.15, 0.2) is 5.78 Å². The maximum Gasteiger partial charge on any atom is 0.226 e. The van der Waals surface area contributed by atoms with E-state index in [-0.39, 0.29) is 11.8 Å². The lowest BCUT2D eigenvalue weighted by Gasteiger charge is -2.32. The topological polar surface area (TPSA) is 77.6 Å². The summed E-state index contributed by atoms with van der Waals surface area (Å²) in [5.74, 6) is 0.885. The summed E-state index contributed by atoms with van der Waals surface area (Å²) in [6.45, 7) is 2.80. The molecule has 0 bridgehead atoms. The van der Waals surface area contributed by atoms with Crippen LogP contribution in [0.2, 0.25) is 0 Å². The van der Waals surface area contributed by atoms with Gasteiger partial charge in [-0.05, 0) is 25.8 Å². The van der Waals surface area contributed by atoms with Crippen LogP contribution in [0.1, 0.15) is 37.9 Å². The molecule has 2 aliphatic rings. The van der Waals surface area contributed by atoms with Gasteiger partial charge in [-0.15, -0.1) is 0 Å². The maximum absolute atomic E-state index is 12.5. The van der Waals surface area contributed by atoms with Gasteiger partial charge in [0, 0.05) is 30.4 Å². The van der Waals surface area contributed by atoms with Crippen LogP contribution in [0.5, 0.6) is 0 Å². The van der Waals surface area contributed by atoms with Crippen LogP contribution < -0.4 is 5.32 Å². The van der Waals surface area contributed by atoms with E-state index in [1.807, 2.05) is 17.7 Å². The second-order valence-electron chi connectivity index (χ2n) is 5.30. The largest absolute Gasteiger partial charge is 0.328 e. The van der Waals surface area contributed by atoms with Crippen molar-refractivity contribution in [3.8, 4) is 0 Å². The van der Waals surface area contributed by atoms with Gasteiger partial charge in [-0.25, -0.2) is 4.68 Å². The molecular formula is C14H16N6O. The van der Waals surface area contributed by atoms with Crippen LogP contribution in [0.4, 0.5) is 5.95 Å². The summed E-state index contributed by atoms with van der Waals surface area (Å²) in [7, 11) is 0. The zero-order valence-electron chi connectivity index (χ0n) is 11.8. The number of Topliss-reactive ketones (excluding diaryl/α,β-unsaturated/α-hetero) is 1. The Morgan fingerprint density at radius 3 is 3.14 bits per heavy atom. The average Bonchev–Trinajstić information content (AvgIpc) is 3.13. The Morgan fingerprint density at radius 2 is 2.29 bits per heavy atom. The fraction of sp³-hybridized carbons (Fsp3) is 0.429. The van der Waals surface area contributed by atoms with Crippen LogP contribution in [0, 0.1) is 0 Å². The van der Waals surface area contributed by atoms with E-state index in [4.69, 9.17) is 0 Å². The highest BCUT2D eigenvalue weighted by Crippen LogP contribution is 2.39. The van der Waals surface area contributed by atoms with Crippen molar-refractivity contribution in [3.05, 3.63) is 35.6 Å². The first-order chi connectivity index (χ1) is 10.3. The smallest absolute Gasteiger partial charge is 0.226 e. The summed E-state index contributed by atoms with van der Waals surface area (Å²) >= 11 is 0. The van der Waals surface area contributed by atoms with Gasteiger partial charge < -0.3 is 5.32 Å². The van der Waals surface area contributed by atoms with Crippen molar-refractivity contribution in [2.45, 2.75) is 38.8 Å². The van der Waals surface area contributed by atoms with Crippen molar-refractivity contribution >= 4 is 11.7 Å². The lowest BCUT2D eigenvalue weighted by atomic mass is 9.87. The lowest BCUT2D eigenvalue weighted by Crippen LogP contribution is -2.32. The SMILES string of the molecule is CCn1nccc1[C@@H]1C2=C(CCCC2=O)Nc2ncnn21. The minimum absolute atomic E-state index is 0.193. The molecule has 0 aromatic carbocycles. The third-order valence-corrected chi connectivity index (χ3v) is 4.14. The first-order valence-electron chi connectivity index (χ1n) is 7.24. The first kappa shape index (κ1) is 12.3. The number of nitrogens with zero attached hydrogens (tertiary/aromatic N) is 5. The van der Waals surface area contributed by atoms with E-state index >= 15 is 0 Å². The first-order valence-corrected chi connectivity index (χ1v) is 7.24. The van der Waals surface area contributed by atoms with Crippen molar-refractivity contribution in [2.75, 3.05) is 5.32 Å². The predicted molar refractivity (Wildman–Crippen MR) is 75.6 cm³/mol. The molecular weight excluding hydrogens is 268 g/mol. The molecule has 0 amide bonds. The molecule has 0 radical (unpaired) electrons. The molecule has 7 nitrogen and oxygen atoms in total. The fourth-order valence-corrected chi connectivity index (χ4v) is 3.21. The van der Waals surface area contributed by atoms with Gasteiger partial charge in [0.05, 0.1) is 5.69 Å². The number of fused-ring (bicyclic) bond motifs is 1. The summed E-state index contributed by atoms with van der Waals surface area (Å²) in [5.41, 5.74) is 2.78. The summed E-state index contributed by atoms with van der Waals surface area (Å²) < 4.78 is 3.69. The van der Waals surface area contributed by atoms with Gasteiger partial charge in [0.1, 0.15) is 12.4 Å². The molecule has 0 fully saturated rings. The van der Waals surface area contributed by atoms with E-state index in [0.717, 1.165) is 36.4 Å². The monoisotopic (exact) mass is 284 g/mol. The van der Waals surface area contributed by atoms with Crippen molar-refractivity contribution in [1.82, 2.24) is 24.5 Å². The molecule has 2 aromatic heterocycles. The van der Waals surface area contributed by atoms with Gasteiger partial charge in [0.25, 0.3) is 0 Å². The quantitative estimate of drug-likeness (QED) is 0.904. The number of aryl methyl sites for hydroxylation is 1.